The van der Waals surface area contributed by atoms with Gasteiger partial charge >= 0.3 is 0 Å². The van der Waals surface area contributed by atoms with E-state index in [2.05, 4.69) is 5.32 Å². The van der Waals surface area contributed by atoms with Crippen LogP contribution in [0.1, 0.15) is 5.56 Å². The van der Waals surface area contributed by atoms with Crippen LogP contribution in [0.4, 0.5) is 5.69 Å². The molecule has 0 amide bonds. The number of benzene rings is 1. The maximum absolute atomic E-state index is 8.57. The summed E-state index contributed by atoms with van der Waals surface area (Å²) in [4.78, 5) is 0. The number of halogens is 3. The third-order valence-electron chi connectivity index (χ3n) is 2.00. The first-order valence-corrected chi connectivity index (χ1v) is 5.55. The van der Waals surface area contributed by atoms with E-state index in [0.29, 0.717) is 26.3 Å². The Kier molecular flexibility index (Phi) is 4.66. The van der Waals surface area contributed by atoms with Crippen molar-refractivity contribution in [3.05, 3.63) is 38.5 Å². The minimum Gasteiger partial charge on any atom is -0.357 e. The molecule has 0 atom stereocenters. The average Bonchev–Trinajstić information content (AvgIpc) is 2.31. The summed E-state index contributed by atoms with van der Waals surface area (Å²) in [7, 11) is 0. The minimum atomic E-state index is -0.0789. The zero-order valence-corrected chi connectivity index (χ0v) is 11.0. The lowest BCUT2D eigenvalue weighted by molar-refractivity contribution is 1.42. The number of rotatable bonds is 2. The Morgan fingerprint density at radius 3 is 2.35 bits per heavy atom. The second kappa shape index (κ2) is 5.80. The van der Waals surface area contributed by atoms with Gasteiger partial charge in [-0.25, -0.2) is 0 Å². The van der Waals surface area contributed by atoms with Crippen LogP contribution in [0, 0.1) is 29.6 Å². The smallest absolute Gasteiger partial charge is 0.145 e. The van der Waals surface area contributed by atoms with Crippen molar-refractivity contribution < 1.29 is 0 Å². The van der Waals surface area contributed by atoms with Gasteiger partial charge in [0, 0.05) is 11.2 Å². The van der Waals surface area contributed by atoms with Gasteiger partial charge in [0.2, 0.25) is 0 Å². The van der Waals surface area contributed by atoms with Crippen LogP contribution in [-0.2, 0) is 0 Å². The molecule has 0 radical (unpaired) electrons. The molecule has 1 aromatic rings. The molecule has 1 aromatic carbocycles. The van der Waals surface area contributed by atoms with E-state index in [1.165, 1.54) is 6.20 Å². The van der Waals surface area contributed by atoms with Crippen LogP contribution in [0.3, 0.4) is 0 Å². The van der Waals surface area contributed by atoms with Crippen molar-refractivity contribution >= 4 is 40.5 Å². The summed E-state index contributed by atoms with van der Waals surface area (Å²) >= 11 is 17.9. The third kappa shape index (κ3) is 3.05. The number of nitrogens with one attached hydrogen (secondary N) is 1. The van der Waals surface area contributed by atoms with Crippen LogP contribution in [-0.4, -0.2) is 0 Å². The summed E-state index contributed by atoms with van der Waals surface area (Å²) in [5, 5.41) is 21.0. The fourth-order valence-corrected chi connectivity index (χ4v) is 1.93. The third-order valence-corrected chi connectivity index (χ3v) is 3.16. The fourth-order valence-electron chi connectivity index (χ4n) is 1.06. The molecule has 17 heavy (non-hydrogen) atoms. The summed E-state index contributed by atoms with van der Waals surface area (Å²) < 4.78 is 0. The number of hydrogen-bond donors (Lipinski definition) is 1. The van der Waals surface area contributed by atoms with Crippen LogP contribution in [0.2, 0.25) is 15.1 Å². The van der Waals surface area contributed by atoms with Crippen LogP contribution in [0.5, 0.6) is 0 Å². The second-order valence-electron chi connectivity index (χ2n) is 3.08. The molecule has 3 nitrogen and oxygen atoms in total. The van der Waals surface area contributed by atoms with Gasteiger partial charge in [0.15, 0.2) is 0 Å². The zero-order chi connectivity index (χ0) is 13.0. The van der Waals surface area contributed by atoms with Gasteiger partial charge in [-0.15, -0.1) is 0 Å². The number of nitrogens with zero attached hydrogens (tertiary/aromatic N) is 2. The van der Waals surface area contributed by atoms with E-state index in [1.807, 2.05) is 0 Å². The summed E-state index contributed by atoms with van der Waals surface area (Å²) in [6, 6.07) is 4.96. The first-order valence-electron chi connectivity index (χ1n) is 4.42. The predicted octanol–water partition coefficient (Wildman–Crippen LogP) is 4.30. The van der Waals surface area contributed by atoms with E-state index in [0.717, 1.165) is 0 Å². The van der Waals surface area contributed by atoms with Gasteiger partial charge in [0.25, 0.3) is 0 Å². The molecule has 86 valence electrons. The van der Waals surface area contributed by atoms with Crippen molar-refractivity contribution in [2.45, 2.75) is 6.92 Å². The topological polar surface area (TPSA) is 59.6 Å². The van der Waals surface area contributed by atoms with Crippen LogP contribution < -0.4 is 5.32 Å². The van der Waals surface area contributed by atoms with Gasteiger partial charge in [0.05, 0.1) is 15.7 Å². The average molecular weight is 287 g/mol. The number of nitriles is 2. The molecule has 0 spiro atoms. The highest BCUT2D eigenvalue weighted by molar-refractivity contribution is 6.42. The Labute approximate surface area is 114 Å². The molecule has 1 N–H and O–H groups in total. The van der Waals surface area contributed by atoms with Crippen LogP contribution in [0.25, 0.3) is 0 Å². The molecule has 1 rings (SSSR count). The lowest BCUT2D eigenvalue weighted by atomic mass is 10.2. The lowest BCUT2D eigenvalue weighted by Crippen LogP contribution is -1.94. The predicted molar refractivity (Wildman–Crippen MR) is 69.1 cm³/mol. The van der Waals surface area contributed by atoms with Crippen molar-refractivity contribution in [1.29, 1.82) is 10.5 Å². The van der Waals surface area contributed by atoms with Crippen LogP contribution >= 0.6 is 34.8 Å². The largest absolute Gasteiger partial charge is 0.357 e. The van der Waals surface area contributed by atoms with Crippen molar-refractivity contribution in [3.8, 4) is 12.1 Å². The minimum absolute atomic E-state index is 0.0789. The van der Waals surface area contributed by atoms with Crippen molar-refractivity contribution in [2.24, 2.45) is 0 Å². The Bertz CT molecular complexity index is 549. The fraction of sp³-hybridized carbons (Fsp3) is 0.0909. The molecular weight excluding hydrogens is 281 g/mol. The Hall–Kier alpha value is -1.39. The van der Waals surface area contributed by atoms with Gasteiger partial charge in [0.1, 0.15) is 17.7 Å². The molecule has 0 saturated carbocycles. The van der Waals surface area contributed by atoms with Gasteiger partial charge < -0.3 is 5.32 Å². The highest BCUT2D eigenvalue weighted by Gasteiger charge is 2.11. The van der Waals surface area contributed by atoms with Crippen molar-refractivity contribution in [2.75, 3.05) is 5.32 Å². The van der Waals surface area contributed by atoms with Gasteiger partial charge in [-0.2, -0.15) is 10.5 Å². The standard InChI is InChI=1S/C11H6Cl3N3/c1-6-8(12)2-9(13)11(10(6)14)17-5-7(3-15)4-16/h2,5,17H,1H3. The lowest BCUT2D eigenvalue weighted by Gasteiger charge is -2.10. The monoisotopic (exact) mass is 285 g/mol. The van der Waals surface area contributed by atoms with E-state index < -0.39 is 0 Å². The first-order chi connectivity index (χ1) is 8.01. The van der Waals surface area contributed by atoms with Gasteiger partial charge in [-0.05, 0) is 18.6 Å². The quantitative estimate of drug-likeness (QED) is 0.825. The Morgan fingerprint density at radius 2 is 1.82 bits per heavy atom. The maximum Gasteiger partial charge on any atom is 0.145 e. The Balaban J connectivity index is 3.18. The summed E-state index contributed by atoms with van der Waals surface area (Å²) in [5.41, 5.74) is 1.01. The molecular formula is C11H6Cl3N3. The van der Waals surface area contributed by atoms with E-state index in [9.17, 15) is 0 Å². The van der Waals surface area contributed by atoms with Gasteiger partial charge in [-0.1, -0.05) is 34.8 Å². The highest BCUT2D eigenvalue weighted by Crippen LogP contribution is 2.37. The van der Waals surface area contributed by atoms with Crippen molar-refractivity contribution in [1.82, 2.24) is 0 Å². The molecule has 0 bridgehead atoms. The van der Waals surface area contributed by atoms with Crippen molar-refractivity contribution in [3.63, 3.8) is 0 Å². The highest BCUT2D eigenvalue weighted by atomic mass is 35.5. The maximum atomic E-state index is 8.57. The molecule has 0 fully saturated rings. The first kappa shape index (κ1) is 13.7. The Morgan fingerprint density at radius 1 is 1.24 bits per heavy atom. The summed E-state index contributed by atoms with van der Waals surface area (Å²) in [6.07, 6.45) is 1.24. The van der Waals surface area contributed by atoms with E-state index in [4.69, 9.17) is 45.3 Å². The second-order valence-corrected chi connectivity index (χ2v) is 4.27. The molecule has 0 aliphatic carbocycles. The number of anilines is 1. The normalized spacial score (nSPS) is 9.06. The zero-order valence-electron chi connectivity index (χ0n) is 8.68. The number of allylic oxidation sites excluding steroid dienone is 1. The SMILES string of the molecule is Cc1c(Cl)cc(Cl)c(NC=C(C#N)C#N)c1Cl. The molecule has 0 saturated heterocycles. The summed E-state index contributed by atoms with van der Waals surface area (Å²) in [5.74, 6) is 0. The van der Waals surface area contributed by atoms with E-state index in [-0.39, 0.29) is 5.57 Å². The summed E-state index contributed by atoms with van der Waals surface area (Å²) in [6.45, 7) is 1.74. The molecule has 0 aromatic heterocycles. The van der Waals surface area contributed by atoms with E-state index in [1.54, 1.807) is 25.1 Å². The molecule has 6 heteroatoms. The molecule has 0 heterocycles. The molecule has 0 aliphatic rings. The molecule has 0 aliphatic heterocycles. The van der Waals surface area contributed by atoms with Gasteiger partial charge in [-0.3, -0.25) is 0 Å². The van der Waals surface area contributed by atoms with Crippen LogP contribution in [0.15, 0.2) is 17.8 Å². The number of hydrogen-bond acceptors (Lipinski definition) is 3. The molecule has 0 unspecified atom stereocenters. The van der Waals surface area contributed by atoms with E-state index >= 15 is 0 Å².